The van der Waals surface area contributed by atoms with E-state index in [4.69, 9.17) is 11.6 Å². The fourth-order valence-corrected chi connectivity index (χ4v) is 3.40. The van der Waals surface area contributed by atoms with Crippen LogP contribution < -0.4 is 5.32 Å². The van der Waals surface area contributed by atoms with Crippen LogP contribution in [0.25, 0.3) is 0 Å². The Morgan fingerprint density at radius 3 is 2.65 bits per heavy atom. The summed E-state index contributed by atoms with van der Waals surface area (Å²) in [5, 5.41) is 3.22. The minimum Gasteiger partial charge on any atom is -0.380 e. The van der Waals surface area contributed by atoms with Crippen molar-refractivity contribution in [1.82, 2.24) is 9.88 Å². The molecule has 2 amide bonds. The van der Waals surface area contributed by atoms with Crippen molar-refractivity contribution in [2.45, 2.75) is 20.4 Å². The average molecular weight is 350 g/mol. The summed E-state index contributed by atoms with van der Waals surface area (Å²) in [4.78, 5) is 31.0. The van der Waals surface area contributed by atoms with E-state index in [9.17, 15) is 9.59 Å². The van der Waals surface area contributed by atoms with E-state index in [-0.39, 0.29) is 17.7 Å². The molecule has 7 heteroatoms. The lowest BCUT2D eigenvalue weighted by molar-refractivity contribution is 0.0636. The zero-order valence-electron chi connectivity index (χ0n) is 12.8. The van der Waals surface area contributed by atoms with Crippen molar-refractivity contribution >= 4 is 40.4 Å². The predicted octanol–water partition coefficient (Wildman–Crippen LogP) is 3.66. The standard InChI is InChI=1S/C16H16ClN3O2S/c1-9(2)8-20-14(21)12-4-3-10(5-13(12)15(20)22)18-6-11-7-19-16(17)23-11/h3-5,7,9,18H,6,8H2,1-2H3. The molecule has 0 unspecified atom stereocenters. The van der Waals surface area contributed by atoms with Gasteiger partial charge in [-0.25, -0.2) is 4.98 Å². The van der Waals surface area contributed by atoms with Crippen LogP contribution in [0.3, 0.4) is 0 Å². The Bertz CT molecular complexity index is 772. The normalized spacial score (nSPS) is 13.8. The molecule has 0 radical (unpaired) electrons. The van der Waals surface area contributed by atoms with Gasteiger partial charge in [0, 0.05) is 23.3 Å². The number of fused-ring (bicyclic) bond motifs is 1. The summed E-state index contributed by atoms with van der Waals surface area (Å²) in [5.74, 6) is -0.187. The second kappa shape index (κ2) is 6.29. The maximum Gasteiger partial charge on any atom is 0.261 e. The highest BCUT2D eigenvalue weighted by Gasteiger charge is 2.35. The van der Waals surface area contributed by atoms with E-state index in [1.54, 1.807) is 18.3 Å². The molecular weight excluding hydrogens is 334 g/mol. The van der Waals surface area contributed by atoms with E-state index >= 15 is 0 Å². The lowest BCUT2D eigenvalue weighted by atomic mass is 10.1. The molecule has 0 saturated heterocycles. The van der Waals surface area contributed by atoms with Crippen molar-refractivity contribution in [3.8, 4) is 0 Å². The third-order valence-electron chi connectivity index (χ3n) is 3.51. The Labute approximate surface area is 143 Å². The minimum absolute atomic E-state index is 0.209. The number of benzene rings is 1. The minimum atomic E-state index is -0.219. The Hall–Kier alpha value is -1.92. The molecule has 0 atom stereocenters. The Morgan fingerprint density at radius 1 is 1.26 bits per heavy atom. The molecule has 2 heterocycles. The molecule has 5 nitrogen and oxygen atoms in total. The fraction of sp³-hybridized carbons (Fsp3) is 0.312. The summed E-state index contributed by atoms with van der Waals surface area (Å²) in [6, 6.07) is 5.25. The monoisotopic (exact) mass is 349 g/mol. The number of thiazole rings is 1. The molecule has 120 valence electrons. The van der Waals surface area contributed by atoms with Gasteiger partial charge in [-0.05, 0) is 24.1 Å². The number of anilines is 1. The second-order valence-electron chi connectivity index (χ2n) is 5.81. The molecule has 2 aromatic rings. The molecule has 1 N–H and O–H groups in total. The van der Waals surface area contributed by atoms with Crippen molar-refractivity contribution < 1.29 is 9.59 Å². The summed E-state index contributed by atoms with van der Waals surface area (Å²) < 4.78 is 0.501. The third kappa shape index (κ3) is 3.23. The van der Waals surface area contributed by atoms with Crippen LogP contribution in [0, 0.1) is 5.92 Å². The number of halogens is 1. The smallest absolute Gasteiger partial charge is 0.261 e. The number of carbonyl (C=O) groups is 2. The van der Waals surface area contributed by atoms with E-state index in [1.807, 2.05) is 19.9 Å². The van der Waals surface area contributed by atoms with Crippen molar-refractivity contribution in [2.24, 2.45) is 5.92 Å². The highest BCUT2D eigenvalue weighted by atomic mass is 35.5. The largest absolute Gasteiger partial charge is 0.380 e. The van der Waals surface area contributed by atoms with Crippen LogP contribution in [0.4, 0.5) is 5.69 Å². The van der Waals surface area contributed by atoms with E-state index in [1.165, 1.54) is 16.2 Å². The molecule has 0 bridgehead atoms. The summed E-state index contributed by atoms with van der Waals surface area (Å²) in [6.07, 6.45) is 1.71. The van der Waals surface area contributed by atoms with E-state index in [2.05, 4.69) is 10.3 Å². The van der Waals surface area contributed by atoms with Gasteiger partial charge in [-0.1, -0.05) is 25.4 Å². The maximum atomic E-state index is 12.4. The molecule has 1 aromatic heterocycles. The molecule has 1 aromatic carbocycles. The van der Waals surface area contributed by atoms with Crippen LogP contribution in [0.1, 0.15) is 39.4 Å². The van der Waals surface area contributed by atoms with E-state index in [0.717, 1.165) is 10.6 Å². The lowest BCUT2D eigenvalue weighted by Gasteiger charge is -2.15. The second-order valence-corrected chi connectivity index (χ2v) is 7.51. The number of aromatic nitrogens is 1. The quantitative estimate of drug-likeness (QED) is 0.837. The Kier molecular flexibility index (Phi) is 4.37. The SMILES string of the molecule is CC(C)CN1C(=O)c2ccc(NCc3cnc(Cl)s3)cc2C1=O. The van der Waals surface area contributed by atoms with Crippen molar-refractivity contribution in [3.63, 3.8) is 0 Å². The van der Waals surface area contributed by atoms with Gasteiger partial charge in [0.1, 0.15) is 0 Å². The number of imide groups is 1. The summed E-state index contributed by atoms with van der Waals surface area (Å²) >= 11 is 7.21. The molecule has 0 spiro atoms. The van der Waals surface area contributed by atoms with Gasteiger partial charge in [-0.2, -0.15) is 0 Å². The molecule has 1 aliphatic heterocycles. The first kappa shape index (κ1) is 16.0. The van der Waals surface area contributed by atoms with Crippen LogP contribution in [-0.4, -0.2) is 28.2 Å². The molecule has 3 rings (SSSR count). The molecular formula is C16H16ClN3O2S. The summed E-state index contributed by atoms with van der Waals surface area (Å²) in [7, 11) is 0. The van der Waals surface area contributed by atoms with Crippen LogP contribution in [0.2, 0.25) is 4.47 Å². The molecule has 23 heavy (non-hydrogen) atoms. The number of hydrogen-bond acceptors (Lipinski definition) is 5. The summed E-state index contributed by atoms with van der Waals surface area (Å²) in [5.41, 5.74) is 1.73. The number of carbonyl (C=O) groups excluding carboxylic acids is 2. The average Bonchev–Trinajstić information content (AvgIpc) is 3.02. The van der Waals surface area contributed by atoms with E-state index in [0.29, 0.717) is 28.7 Å². The van der Waals surface area contributed by atoms with Gasteiger partial charge in [-0.15, -0.1) is 11.3 Å². The van der Waals surface area contributed by atoms with Gasteiger partial charge in [0.2, 0.25) is 0 Å². The van der Waals surface area contributed by atoms with Gasteiger partial charge in [0.25, 0.3) is 11.8 Å². The zero-order valence-corrected chi connectivity index (χ0v) is 14.4. The number of amides is 2. The predicted molar refractivity (Wildman–Crippen MR) is 91.1 cm³/mol. The van der Waals surface area contributed by atoms with Crippen molar-refractivity contribution in [1.29, 1.82) is 0 Å². The number of hydrogen-bond donors (Lipinski definition) is 1. The Morgan fingerprint density at radius 2 is 2.00 bits per heavy atom. The zero-order chi connectivity index (χ0) is 16.6. The lowest BCUT2D eigenvalue weighted by Crippen LogP contribution is -2.33. The first-order valence-electron chi connectivity index (χ1n) is 7.30. The van der Waals surface area contributed by atoms with Crippen LogP contribution >= 0.6 is 22.9 Å². The van der Waals surface area contributed by atoms with Crippen LogP contribution in [0.15, 0.2) is 24.4 Å². The van der Waals surface area contributed by atoms with Gasteiger partial charge in [0.05, 0.1) is 17.7 Å². The molecule has 0 fully saturated rings. The van der Waals surface area contributed by atoms with Gasteiger partial charge < -0.3 is 5.32 Å². The highest BCUT2D eigenvalue weighted by Crippen LogP contribution is 2.27. The van der Waals surface area contributed by atoms with Crippen LogP contribution in [0.5, 0.6) is 0 Å². The fourth-order valence-electron chi connectivity index (χ4n) is 2.49. The maximum absolute atomic E-state index is 12.4. The Balaban J connectivity index is 1.77. The van der Waals surface area contributed by atoms with E-state index < -0.39 is 0 Å². The van der Waals surface area contributed by atoms with Crippen molar-refractivity contribution in [2.75, 3.05) is 11.9 Å². The van der Waals surface area contributed by atoms with Crippen LogP contribution in [-0.2, 0) is 6.54 Å². The van der Waals surface area contributed by atoms with Crippen molar-refractivity contribution in [3.05, 3.63) is 44.9 Å². The van der Waals surface area contributed by atoms with Gasteiger partial charge in [-0.3, -0.25) is 14.5 Å². The topological polar surface area (TPSA) is 62.3 Å². The number of nitrogens with one attached hydrogen (secondary N) is 1. The highest BCUT2D eigenvalue weighted by molar-refractivity contribution is 7.15. The molecule has 0 saturated carbocycles. The molecule has 0 aliphatic carbocycles. The number of nitrogens with zero attached hydrogens (tertiary/aromatic N) is 2. The summed E-state index contributed by atoms with van der Waals surface area (Å²) in [6.45, 7) is 4.98. The van der Waals surface area contributed by atoms with Gasteiger partial charge in [0.15, 0.2) is 4.47 Å². The number of rotatable bonds is 5. The van der Waals surface area contributed by atoms with Gasteiger partial charge >= 0.3 is 0 Å². The first-order valence-corrected chi connectivity index (χ1v) is 8.49. The first-order chi connectivity index (χ1) is 11.0. The third-order valence-corrected chi connectivity index (χ3v) is 4.63. The molecule has 1 aliphatic rings.